The molecule has 0 saturated heterocycles. The number of fused-ring (bicyclic) bond motifs is 1. The zero-order chi connectivity index (χ0) is 9.97. The van der Waals surface area contributed by atoms with Gasteiger partial charge >= 0.3 is 0 Å². The van der Waals surface area contributed by atoms with E-state index in [2.05, 4.69) is 19.9 Å². The van der Waals surface area contributed by atoms with Crippen LogP contribution in [0.1, 0.15) is 12.7 Å². The molecule has 2 heterocycles. The predicted octanol–water partition coefficient (Wildman–Crippen LogP) is 0.472. The van der Waals surface area contributed by atoms with Gasteiger partial charge in [-0.25, -0.2) is 15.0 Å². The predicted molar refractivity (Wildman–Crippen MR) is 51.4 cm³/mol. The van der Waals surface area contributed by atoms with E-state index in [0.29, 0.717) is 36.0 Å². The summed E-state index contributed by atoms with van der Waals surface area (Å²) >= 11 is 0. The van der Waals surface area contributed by atoms with E-state index in [-0.39, 0.29) is 0 Å². The van der Waals surface area contributed by atoms with Crippen LogP contribution in [0.3, 0.4) is 0 Å². The molecule has 0 fully saturated rings. The number of aromatic amines is 1. The van der Waals surface area contributed by atoms with Gasteiger partial charge in [0.15, 0.2) is 11.5 Å². The Kier molecular flexibility index (Phi) is 2.28. The van der Waals surface area contributed by atoms with Gasteiger partial charge in [0.25, 0.3) is 0 Å². The van der Waals surface area contributed by atoms with Crippen LogP contribution in [0.2, 0.25) is 0 Å². The Hall–Kier alpha value is -1.69. The summed E-state index contributed by atoms with van der Waals surface area (Å²) in [5.41, 5.74) is 6.88. The molecule has 74 valence electrons. The molecule has 0 bridgehead atoms. The number of nitrogens with zero attached hydrogens (tertiary/aromatic N) is 3. The zero-order valence-electron chi connectivity index (χ0n) is 7.82. The van der Waals surface area contributed by atoms with E-state index in [0.717, 1.165) is 0 Å². The lowest BCUT2D eigenvalue weighted by molar-refractivity contribution is 0.129. The number of rotatable bonds is 3. The number of hydrogen-bond acceptors (Lipinski definition) is 5. The maximum absolute atomic E-state index is 5.64. The van der Waals surface area contributed by atoms with E-state index in [1.54, 1.807) is 0 Å². The van der Waals surface area contributed by atoms with Gasteiger partial charge in [0, 0.05) is 6.61 Å². The van der Waals surface area contributed by atoms with Gasteiger partial charge in [-0.3, -0.25) is 0 Å². The quantitative estimate of drug-likeness (QED) is 0.739. The molecular formula is C8H11N5O. The molecule has 0 aromatic carbocycles. The topological polar surface area (TPSA) is 89.7 Å². The Balaban J connectivity index is 2.36. The largest absolute Gasteiger partial charge is 0.382 e. The molecule has 2 aromatic rings. The van der Waals surface area contributed by atoms with Crippen molar-refractivity contribution in [3.63, 3.8) is 0 Å². The first kappa shape index (κ1) is 8.89. The number of nitrogens with one attached hydrogen (secondary N) is 1. The van der Waals surface area contributed by atoms with Crippen molar-refractivity contribution in [2.75, 3.05) is 12.3 Å². The van der Waals surface area contributed by atoms with Crippen molar-refractivity contribution < 1.29 is 4.74 Å². The van der Waals surface area contributed by atoms with Crippen molar-refractivity contribution >= 4 is 17.0 Å². The summed E-state index contributed by atoms with van der Waals surface area (Å²) in [4.78, 5) is 15.0. The van der Waals surface area contributed by atoms with Crippen LogP contribution >= 0.6 is 0 Å². The molecule has 3 N–H and O–H groups in total. The second kappa shape index (κ2) is 3.59. The molecule has 0 aliphatic carbocycles. The SMILES string of the molecule is CCOCc1nc2ncnc(N)c2[nH]1. The number of aromatic nitrogens is 4. The van der Waals surface area contributed by atoms with E-state index in [1.807, 2.05) is 6.92 Å². The van der Waals surface area contributed by atoms with Crippen LogP contribution in [0.25, 0.3) is 11.2 Å². The number of ether oxygens (including phenoxy) is 1. The molecule has 0 spiro atoms. The summed E-state index contributed by atoms with van der Waals surface area (Å²) in [6, 6.07) is 0. The fourth-order valence-corrected chi connectivity index (χ4v) is 1.16. The highest BCUT2D eigenvalue weighted by atomic mass is 16.5. The number of imidazole rings is 1. The van der Waals surface area contributed by atoms with Crippen LogP contribution in [0.5, 0.6) is 0 Å². The molecular weight excluding hydrogens is 182 g/mol. The van der Waals surface area contributed by atoms with Gasteiger partial charge in [0.05, 0.1) is 0 Å². The lowest BCUT2D eigenvalue weighted by Gasteiger charge is -1.94. The van der Waals surface area contributed by atoms with Crippen LogP contribution in [-0.4, -0.2) is 26.5 Å². The molecule has 0 aliphatic rings. The third kappa shape index (κ3) is 1.51. The van der Waals surface area contributed by atoms with Crippen LogP contribution in [-0.2, 0) is 11.3 Å². The lowest BCUT2D eigenvalue weighted by Crippen LogP contribution is -1.93. The second-order valence-electron chi connectivity index (χ2n) is 2.78. The summed E-state index contributed by atoms with van der Waals surface area (Å²) in [6.45, 7) is 3.02. The fraction of sp³-hybridized carbons (Fsp3) is 0.375. The van der Waals surface area contributed by atoms with Gasteiger partial charge in [0.2, 0.25) is 0 Å². The third-order valence-corrected chi connectivity index (χ3v) is 1.81. The standard InChI is InChI=1S/C8H11N5O/c1-2-14-3-5-12-6-7(9)10-4-11-8(6)13-5/h4H,2-3H2,1H3,(H3,9,10,11,12,13). The molecule has 0 radical (unpaired) electrons. The summed E-state index contributed by atoms with van der Waals surface area (Å²) in [5.74, 6) is 1.12. The average Bonchev–Trinajstić information content (AvgIpc) is 2.59. The Labute approximate surface area is 80.5 Å². The van der Waals surface area contributed by atoms with Crippen molar-refractivity contribution in [1.82, 2.24) is 19.9 Å². The van der Waals surface area contributed by atoms with Gasteiger partial charge in [-0.2, -0.15) is 0 Å². The van der Waals surface area contributed by atoms with E-state index >= 15 is 0 Å². The number of nitrogens with two attached hydrogens (primary N) is 1. The molecule has 14 heavy (non-hydrogen) atoms. The first-order valence-corrected chi connectivity index (χ1v) is 4.34. The minimum atomic E-state index is 0.408. The second-order valence-corrected chi connectivity index (χ2v) is 2.78. The maximum atomic E-state index is 5.64. The van der Waals surface area contributed by atoms with Gasteiger partial charge in [-0.15, -0.1) is 0 Å². The number of hydrogen-bond donors (Lipinski definition) is 2. The third-order valence-electron chi connectivity index (χ3n) is 1.81. The van der Waals surface area contributed by atoms with Crippen LogP contribution in [0.15, 0.2) is 6.33 Å². The first-order chi connectivity index (χ1) is 6.81. The number of nitrogen functional groups attached to an aromatic ring is 1. The summed E-state index contributed by atoms with van der Waals surface area (Å²) < 4.78 is 5.21. The Morgan fingerprint density at radius 2 is 2.36 bits per heavy atom. The van der Waals surface area contributed by atoms with E-state index in [4.69, 9.17) is 10.5 Å². The Morgan fingerprint density at radius 3 is 3.07 bits per heavy atom. The first-order valence-electron chi connectivity index (χ1n) is 4.34. The zero-order valence-corrected chi connectivity index (χ0v) is 7.82. The fourth-order valence-electron chi connectivity index (χ4n) is 1.16. The van der Waals surface area contributed by atoms with Crippen molar-refractivity contribution in [1.29, 1.82) is 0 Å². The molecule has 0 atom stereocenters. The van der Waals surface area contributed by atoms with E-state index in [9.17, 15) is 0 Å². The molecule has 2 aromatic heterocycles. The summed E-state index contributed by atoms with van der Waals surface area (Å²) in [7, 11) is 0. The van der Waals surface area contributed by atoms with Gasteiger partial charge in [-0.05, 0) is 6.92 Å². The van der Waals surface area contributed by atoms with Crippen molar-refractivity contribution in [2.45, 2.75) is 13.5 Å². The van der Waals surface area contributed by atoms with Gasteiger partial charge < -0.3 is 15.5 Å². The molecule has 0 unspecified atom stereocenters. The Bertz CT molecular complexity index is 438. The molecule has 0 saturated carbocycles. The minimum absolute atomic E-state index is 0.408. The van der Waals surface area contributed by atoms with Gasteiger partial charge in [0.1, 0.15) is 24.3 Å². The van der Waals surface area contributed by atoms with Crippen LogP contribution in [0.4, 0.5) is 5.82 Å². The van der Waals surface area contributed by atoms with Crippen molar-refractivity contribution in [2.24, 2.45) is 0 Å². The van der Waals surface area contributed by atoms with Gasteiger partial charge in [-0.1, -0.05) is 0 Å². The van der Waals surface area contributed by atoms with Crippen LogP contribution in [0, 0.1) is 0 Å². The smallest absolute Gasteiger partial charge is 0.183 e. The minimum Gasteiger partial charge on any atom is -0.382 e. The molecule has 2 rings (SSSR count). The molecule has 0 amide bonds. The lowest BCUT2D eigenvalue weighted by atomic mass is 10.5. The molecule has 6 heteroatoms. The highest BCUT2D eigenvalue weighted by molar-refractivity contribution is 5.80. The summed E-state index contributed by atoms with van der Waals surface area (Å²) in [5, 5.41) is 0. The van der Waals surface area contributed by atoms with E-state index < -0.39 is 0 Å². The monoisotopic (exact) mass is 193 g/mol. The van der Waals surface area contributed by atoms with Crippen molar-refractivity contribution in [3.05, 3.63) is 12.2 Å². The molecule has 6 nitrogen and oxygen atoms in total. The number of anilines is 1. The Morgan fingerprint density at radius 1 is 1.50 bits per heavy atom. The maximum Gasteiger partial charge on any atom is 0.183 e. The normalized spacial score (nSPS) is 10.9. The summed E-state index contributed by atoms with van der Waals surface area (Å²) in [6.07, 6.45) is 1.39. The average molecular weight is 193 g/mol. The van der Waals surface area contributed by atoms with E-state index in [1.165, 1.54) is 6.33 Å². The number of H-pyrrole nitrogens is 1. The highest BCUT2D eigenvalue weighted by Crippen LogP contribution is 2.13. The van der Waals surface area contributed by atoms with Crippen LogP contribution < -0.4 is 5.73 Å². The molecule has 0 aliphatic heterocycles. The van der Waals surface area contributed by atoms with Crippen molar-refractivity contribution in [3.8, 4) is 0 Å². The highest BCUT2D eigenvalue weighted by Gasteiger charge is 2.06.